The van der Waals surface area contributed by atoms with Gasteiger partial charge in [-0.3, -0.25) is 9.59 Å². The van der Waals surface area contributed by atoms with Gasteiger partial charge in [-0.15, -0.1) is 0 Å². The van der Waals surface area contributed by atoms with Crippen LogP contribution in [0.4, 0.5) is 4.79 Å². The van der Waals surface area contributed by atoms with E-state index in [1.54, 1.807) is 6.92 Å². The highest BCUT2D eigenvalue weighted by Crippen LogP contribution is 2.34. The van der Waals surface area contributed by atoms with Crippen LogP contribution in [0.15, 0.2) is 30.3 Å². The quantitative estimate of drug-likeness (QED) is 0.483. The number of carbonyl (C=O) groups is 3. The number of unbranched alkanes of at least 4 members (excludes halogenated alkanes) is 1. The molecule has 1 atom stereocenters. The maximum absolute atomic E-state index is 13.4. The molecule has 0 aliphatic carbocycles. The Hall–Kier alpha value is -2.61. The van der Waals surface area contributed by atoms with Crippen molar-refractivity contribution in [1.82, 2.24) is 20.4 Å². The second kappa shape index (κ2) is 12.7. The number of hydrogen-bond acceptors (Lipinski definition) is 5. The van der Waals surface area contributed by atoms with E-state index in [0.717, 1.165) is 45.3 Å². The second-order valence-electron chi connectivity index (χ2n) is 9.27. The average Bonchev–Trinajstić information content (AvgIpc) is 2.85. The highest BCUT2D eigenvalue weighted by atomic mass is 16.5. The van der Waals surface area contributed by atoms with Crippen LogP contribution in [-0.2, 0) is 20.7 Å². The summed E-state index contributed by atoms with van der Waals surface area (Å²) in [6.07, 6.45) is 4.80. The summed E-state index contributed by atoms with van der Waals surface area (Å²) in [4.78, 5) is 42.4. The number of amides is 3. The van der Waals surface area contributed by atoms with E-state index in [1.807, 2.05) is 11.0 Å². The molecule has 0 radical (unpaired) electrons. The van der Waals surface area contributed by atoms with Crippen molar-refractivity contribution in [3.05, 3.63) is 35.9 Å². The molecule has 2 aliphatic heterocycles. The first-order chi connectivity index (χ1) is 16.5. The van der Waals surface area contributed by atoms with Gasteiger partial charge in [0.2, 0.25) is 11.8 Å². The first-order valence-corrected chi connectivity index (χ1v) is 12.8. The molecule has 1 aromatic rings. The minimum atomic E-state index is -0.724. The average molecular weight is 473 g/mol. The molecule has 2 heterocycles. The number of hydrogen-bond donors (Lipinski definition) is 2. The molecule has 0 saturated carbocycles. The Kier molecular flexibility index (Phi) is 9.74. The molecule has 2 aliphatic rings. The summed E-state index contributed by atoms with van der Waals surface area (Å²) in [7, 11) is 0. The molecule has 2 fully saturated rings. The molecular weight excluding hydrogens is 432 g/mol. The predicted octanol–water partition coefficient (Wildman–Crippen LogP) is 2.72. The molecule has 0 aromatic heterocycles. The van der Waals surface area contributed by atoms with E-state index in [1.165, 1.54) is 5.56 Å². The molecule has 188 valence electrons. The zero-order chi connectivity index (χ0) is 24.4. The van der Waals surface area contributed by atoms with E-state index in [2.05, 4.69) is 46.7 Å². The van der Waals surface area contributed by atoms with Crippen molar-refractivity contribution in [2.24, 2.45) is 0 Å². The normalized spacial score (nSPS) is 20.3. The number of benzene rings is 1. The van der Waals surface area contributed by atoms with Crippen molar-refractivity contribution in [3.63, 3.8) is 0 Å². The number of rotatable bonds is 11. The van der Waals surface area contributed by atoms with Crippen LogP contribution in [-0.4, -0.2) is 78.6 Å². The lowest BCUT2D eigenvalue weighted by Crippen LogP contribution is -2.72. The van der Waals surface area contributed by atoms with Crippen molar-refractivity contribution in [3.8, 4) is 0 Å². The highest BCUT2D eigenvalue weighted by Gasteiger charge is 2.52. The Morgan fingerprint density at radius 1 is 1.12 bits per heavy atom. The summed E-state index contributed by atoms with van der Waals surface area (Å²) < 4.78 is 4.85. The molecule has 2 N–H and O–H groups in total. The fraction of sp³-hybridized carbons (Fsp3) is 0.654. The van der Waals surface area contributed by atoms with Crippen molar-refractivity contribution in [2.75, 3.05) is 39.3 Å². The Balaban J connectivity index is 1.51. The second-order valence-corrected chi connectivity index (χ2v) is 9.27. The van der Waals surface area contributed by atoms with E-state index in [4.69, 9.17) is 4.74 Å². The molecule has 3 rings (SSSR count). The molecule has 0 unspecified atom stereocenters. The minimum absolute atomic E-state index is 0.00194. The zero-order valence-corrected chi connectivity index (χ0v) is 20.7. The Bertz CT molecular complexity index is 808. The van der Waals surface area contributed by atoms with Crippen molar-refractivity contribution >= 4 is 17.9 Å². The molecule has 8 nitrogen and oxygen atoms in total. The van der Waals surface area contributed by atoms with Gasteiger partial charge in [-0.05, 0) is 57.4 Å². The SMILES string of the molecule is CCCN1C(=O)[C@H](CCCCNC(=O)OCC)NC(=O)C12CCN(CCc1ccccc1)CC2. The molecule has 3 amide bonds. The number of piperazine rings is 1. The van der Waals surface area contributed by atoms with E-state index in [-0.39, 0.29) is 11.8 Å². The Labute approximate surface area is 203 Å². The van der Waals surface area contributed by atoms with E-state index in [9.17, 15) is 14.4 Å². The smallest absolute Gasteiger partial charge is 0.407 e. The van der Waals surface area contributed by atoms with Crippen molar-refractivity contribution < 1.29 is 19.1 Å². The molecule has 0 bridgehead atoms. The van der Waals surface area contributed by atoms with E-state index in [0.29, 0.717) is 39.0 Å². The van der Waals surface area contributed by atoms with Crippen LogP contribution in [0.1, 0.15) is 57.9 Å². The molecular formula is C26H40N4O4. The van der Waals surface area contributed by atoms with Crippen molar-refractivity contribution in [2.45, 2.75) is 70.4 Å². The van der Waals surface area contributed by atoms with Crippen LogP contribution in [0.3, 0.4) is 0 Å². The van der Waals surface area contributed by atoms with Gasteiger partial charge in [-0.2, -0.15) is 0 Å². The Morgan fingerprint density at radius 3 is 2.53 bits per heavy atom. The lowest BCUT2D eigenvalue weighted by molar-refractivity contribution is -0.161. The van der Waals surface area contributed by atoms with Crippen LogP contribution < -0.4 is 10.6 Å². The van der Waals surface area contributed by atoms with Gasteiger partial charge in [-0.25, -0.2) is 4.79 Å². The predicted molar refractivity (Wildman–Crippen MR) is 131 cm³/mol. The first-order valence-electron chi connectivity index (χ1n) is 12.8. The molecule has 34 heavy (non-hydrogen) atoms. The van der Waals surface area contributed by atoms with Crippen LogP contribution in [0.5, 0.6) is 0 Å². The summed E-state index contributed by atoms with van der Waals surface area (Å²) in [5.41, 5.74) is 0.597. The number of ether oxygens (including phenoxy) is 1. The minimum Gasteiger partial charge on any atom is -0.450 e. The van der Waals surface area contributed by atoms with Gasteiger partial charge in [0.05, 0.1) is 6.61 Å². The van der Waals surface area contributed by atoms with E-state index < -0.39 is 17.7 Å². The third kappa shape index (κ3) is 6.50. The van der Waals surface area contributed by atoms with Crippen LogP contribution >= 0.6 is 0 Å². The molecule has 2 saturated heterocycles. The number of likely N-dealkylation sites (tertiary alicyclic amines) is 1. The van der Waals surface area contributed by atoms with Gasteiger partial charge in [0.15, 0.2) is 0 Å². The van der Waals surface area contributed by atoms with Gasteiger partial charge < -0.3 is 25.2 Å². The van der Waals surface area contributed by atoms with Crippen LogP contribution in [0.25, 0.3) is 0 Å². The third-order valence-corrected chi connectivity index (χ3v) is 6.96. The number of nitrogens with zero attached hydrogens (tertiary/aromatic N) is 2. The summed E-state index contributed by atoms with van der Waals surface area (Å²) in [5, 5.41) is 5.74. The number of alkyl carbamates (subject to hydrolysis) is 1. The summed E-state index contributed by atoms with van der Waals surface area (Å²) in [6, 6.07) is 9.97. The van der Waals surface area contributed by atoms with E-state index >= 15 is 0 Å². The molecule has 1 spiro atoms. The number of piperidine rings is 1. The number of nitrogens with one attached hydrogen (secondary N) is 2. The summed E-state index contributed by atoms with van der Waals surface area (Å²) in [6.45, 7) is 7.86. The van der Waals surface area contributed by atoms with Crippen LogP contribution in [0, 0.1) is 0 Å². The highest BCUT2D eigenvalue weighted by molar-refractivity contribution is 6.00. The third-order valence-electron chi connectivity index (χ3n) is 6.96. The van der Waals surface area contributed by atoms with Gasteiger partial charge in [-0.1, -0.05) is 37.3 Å². The van der Waals surface area contributed by atoms with Gasteiger partial charge in [0.25, 0.3) is 0 Å². The lowest BCUT2D eigenvalue weighted by atomic mass is 9.81. The first kappa shape index (κ1) is 26.0. The lowest BCUT2D eigenvalue weighted by Gasteiger charge is -2.51. The standard InChI is InChI=1S/C26H40N4O4/c1-3-17-30-23(31)22(12-8-9-16-27-25(33)34-4-2)28-24(32)26(30)14-19-29(20-15-26)18-13-21-10-6-5-7-11-21/h5-7,10-11,22H,3-4,8-9,12-20H2,1-2H3,(H,27,33)(H,28,32)/t22-/m0/s1. The van der Waals surface area contributed by atoms with Gasteiger partial charge in [0.1, 0.15) is 11.6 Å². The fourth-order valence-corrected chi connectivity index (χ4v) is 5.04. The zero-order valence-electron chi connectivity index (χ0n) is 20.7. The summed E-state index contributed by atoms with van der Waals surface area (Å²) in [5.74, 6) is 0.0374. The molecule has 8 heteroatoms. The Morgan fingerprint density at radius 2 is 1.85 bits per heavy atom. The fourth-order valence-electron chi connectivity index (χ4n) is 5.04. The van der Waals surface area contributed by atoms with Crippen LogP contribution in [0.2, 0.25) is 0 Å². The monoisotopic (exact) mass is 472 g/mol. The van der Waals surface area contributed by atoms with Crippen molar-refractivity contribution in [1.29, 1.82) is 0 Å². The van der Waals surface area contributed by atoms with Gasteiger partial charge >= 0.3 is 6.09 Å². The maximum atomic E-state index is 13.4. The number of carbonyl (C=O) groups excluding carboxylic acids is 3. The largest absolute Gasteiger partial charge is 0.450 e. The maximum Gasteiger partial charge on any atom is 0.407 e. The topological polar surface area (TPSA) is 91.0 Å². The summed E-state index contributed by atoms with van der Waals surface area (Å²) >= 11 is 0. The van der Waals surface area contributed by atoms with Gasteiger partial charge in [0, 0.05) is 32.7 Å². The molecule has 1 aromatic carbocycles.